The predicted molar refractivity (Wildman–Crippen MR) is 148 cm³/mol. The van der Waals surface area contributed by atoms with Crippen molar-refractivity contribution in [1.82, 2.24) is 0 Å². The lowest BCUT2D eigenvalue weighted by molar-refractivity contribution is -0.116. The first-order chi connectivity index (χ1) is 16.7. The Morgan fingerprint density at radius 3 is 2.28 bits per heavy atom. The number of para-hydroxylation sites is 1. The fourth-order valence-corrected chi connectivity index (χ4v) is 4.74. The van der Waals surface area contributed by atoms with E-state index >= 15 is 0 Å². The SMILES string of the molecule is COc1cc(N(C(=O)CN)C(=O)N(CCC2CCCCC2)c2ccccc2)c(O)c(C(C)(C)C)c1.Cl. The number of rotatable bonds is 7. The second kappa shape index (κ2) is 13.0. The minimum absolute atomic E-state index is 0. The fraction of sp³-hybridized carbons (Fsp3) is 0.500. The number of hydrogen-bond acceptors (Lipinski definition) is 5. The maximum Gasteiger partial charge on any atom is 0.335 e. The molecule has 1 aliphatic carbocycles. The maximum absolute atomic E-state index is 14.1. The van der Waals surface area contributed by atoms with Crippen LogP contribution in [0.3, 0.4) is 0 Å². The second-order valence-electron chi connectivity index (χ2n) is 10.3. The molecule has 2 aromatic rings. The molecule has 3 amide bonds. The quantitative estimate of drug-likeness (QED) is 0.469. The molecule has 0 aromatic heterocycles. The lowest BCUT2D eigenvalue weighted by Crippen LogP contribution is -2.49. The normalized spacial score (nSPS) is 14.0. The Morgan fingerprint density at radius 2 is 1.72 bits per heavy atom. The number of carbonyl (C=O) groups is 2. The van der Waals surface area contributed by atoms with Crippen molar-refractivity contribution in [1.29, 1.82) is 0 Å². The fourth-order valence-electron chi connectivity index (χ4n) is 4.74. The van der Waals surface area contributed by atoms with Gasteiger partial charge in [0.15, 0.2) is 0 Å². The lowest BCUT2D eigenvalue weighted by Gasteiger charge is -2.32. The lowest BCUT2D eigenvalue weighted by atomic mass is 9.85. The Balaban J connectivity index is 0.00000456. The van der Waals surface area contributed by atoms with Gasteiger partial charge in [0.1, 0.15) is 11.5 Å². The Hall–Kier alpha value is -2.77. The Morgan fingerprint density at radius 1 is 1.08 bits per heavy atom. The molecule has 0 saturated heterocycles. The van der Waals surface area contributed by atoms with E-state index in [1.165, 1.54) is 32.4 Å². The number of anilines is 2. The summed E-state index contributed by atoms with van der Waals surface area (Å²) < 4.78 is 5.46. The highest BCUT2D eigenvalue weighted by Gasteiger charge is 2.33. The van der Waals surface area contributed by atoms with Crippen molar-refractivity contribution in [2.45, 2.75) is 64.7 Å². The molecule has 0 atom stereocenters. The van der Waals surface area contributed by atoms with Gasteiger partial charge in [-0.15, -0.1) is 12.4 Å². The van der Waals surface area contributed by atoms with Crippen molar-refractivity contribution in [2.24, 2.45) is 11.7 Å². The summed E-state index contributed by atoms with van der Waals surface area (Å²) >= 11 is 0. The summed E-state index contributed by atoms with van der Waals surface area (Å²) in [4.78, 5) is 29.8. The number of phenols is 1. The standard InChI is InChI=1S/C28H39N3O4.ClH/c1-28(2,3)23-17-22(35-4)18-24(26(23)33)31(25(32)19-29)27(34)30(21-13-9-6-10-14-21)16-15-20-11-7-5-8-12-20;/h6,9-10,13-14,17-18,20,33H,5,7-8,11-12,15-16,19,29H2,1-4H3;1H. The average molecular weight is 518 g/mol. The summed E-state index contributed by atoms with van der Waals surface area (Å²) in [5, 5.41) is 11.2. The highest BCUT2D eigenvalue weighted by Crippen LogP contribution is 2.42. The van der Waals surface area contributed by atoms with Gasteiger partial charge in [0.2, 0.25) is 5.91 Å². The van der Waals surface area contributed by atoms with E-state index in [1.54, 1.807) is 11.0 Å². The van der Waals surface area contributed by atoms with Crippen molar-refractivity contribution in [3.05, 3.63) is 48.0 Å². The number of nitrogens with two attached hydrogens (primary N) is 1. The van der Waals surface area contributed by atoms with Gasteiger partial charge in [0.25, 0.3) is 0 Å². The highest BCUT2D eigenvalue weighted by atomic mass is 35.5. The molecule has 0 aliphatic heterocycles. The molecule has 36 heavy (non-hydrogen) atoms. The summed E-state index contributed by atoms with van der Waals surface area (Å²) in [6, 6.07) is 12.0. The van der Waals surface area contributed by atoms with Crippen LogP contribution >= 0.6 is 12.4 Å². The third-order valence-electron chi connectivity index (χ3n) is 6.75. The number of methoxy groups -OCH3 is 1. The van der Waals surface area contributed by atoms with E-state index in [0.29, 0.717) is 29.5 Å². The molecule has 0 bridgehead atoms. The van der Waals surface area contributed by atoms with E-state index in [2.05, 4.69) is 0 Å². The first kappa shape index (κ1) is 29.5. The van der Waals surface area contributed by atoms with Crippen LogP contribution in [0.15, 0.2) is 42.5 Å². The highest BCUT2D eigenvalue weighted by molar-refractivity contribution is 6.20. The molecule has 7 nitrogen and oxygen atoms in total. The van der Waals surface area contributed by atoms with E-state index in [9.17, 15) is 14.7 Å². The van der Waals surface area contributed by atoms with Gasteiger partial charge in [-0.05, 0) is 36.0 Å². The molecule has 2 aromatic carbocycles. The van der Waals surface area contributed by atoms with Crippen LogP contribution in [0.4, 0.5) is 16.2 Å². The van der Waals surface area contributed by atoms with Gasteiger partial charge in [0.05, 0.1) is 19.3 Å². The van der Waals surface area contributed by atoms with Gasteiger partial charge in [0, 0.05) is 23.9 Å². The third-order valence-corrected chi connectivity index (χ3v) is 6.75. The number of hydrogen-bond donors (Lipinski definition) is 2. The number of imide groups is 1. The second-order valence-corrected chi connectivity index (χ2v) is 10.3. The number of phenolic OH excluding ortho intramolecular Hbond substituents is 1. The van der Waals surface area contributed by atoms with Gasteiger partial charge in [-0.3, -0.25) is 9.69 Å². The van der Waals surface area contributed by atoms with Gasteiger partial charge in [-0.2, -0.15) is 0 Å². The molecule has 1 aliphatic rings. The zero-order valence-electron chi connectivity index (χ0n) is 21.8. The smallest absolute Gasteiger partial charge is 0.335 e. The Kier molecular flexibility index (Phi) is 10.6. The van der Waals surface area contributed by atoms with Crippen molar-refractivity contribution in [2.75, 3.05) is 30.0 Å². The molecule has 0 spiro atoms. The molecular formula is C28H40ClN3O4. The van der Waals surface area contributed by atoms with Gasteiger partial charge in [-0.25, -0.2) is 9.69 Å². The minimum Gasteiger partial charge on any atom is -0.505 e. The number of benzene rings is 2. The van der Waals surface area contributed by atoms with Crippen LogP contribution in [0.1, 0.15) is 64.9 Å². The predicted octanol–water partition coefficient (Wildman–Crippen LogP) is 6.01. The minimum atomic E-state index is -0.600. The van der Waals surface area contributed by atoms with E-state index < -0.39 is 17.4 Å². The van der Waals surface area contributed by atoms with Gasteiger partial charge >= 0.3 is 6.03 Å². The van der Waals surface area contributed by atoms with Gasteiger partial charge in [-0.1, -0.05) is 71.1 Å². The number of ether oxygens (including phenoxy) is 1. The molecule has 0 radical (unpaired) electrons. The topological polar surface area (TPSA) is 96.1 Å². The van der Waals surface area contributed by atoms with E-state index in [-0.39, 0.29) is 30.4 Å². The summed E-state index contributed by atoms with van der Waals surface area (Å²) in [6.07, 6.45) is 6.87. The molecule has 198 valence electrons. The molecule has 0 unspecified atom stereocenters. The zero-order valence-corrected chi connectivity index (χ0v) is 22.6. The first-order valence-electron chi connectivity index (χ1n) is 12.5. The molecule has 3 rings (SSSR count). The molecule has 0 heterocycles. The van der Waals surface area contributed by atoms with Crippen LogP contribution in [-0.2, 0) is 10.2 Å². The van der Waals surface area contributed by atoms with E-state index in [1.807, 2.05) is 51.1 Å². The summed E-state index contributed by atoms with van der Waals surface area (Å²) in [5.74, 6) is 0.267. The maximum atomic E-state index is 14.1. The molecule has 1 saturated carbocycles. The van der Waals surface area contributed by atoms with Crippen LogP contribution in [0.5, 0.6) is 11.5 Å². The van der Waals surface area contributed by atoms with Crippen LogP contribution in [0, 0.1) is 5.92 Å². The third kappa shape index (κ3) is 6.92. The Bertz CT molecular complexity index is 1020. The number of aromatic hydroxyl groups is 1. The first-order valence-corrected chi connectivity index (χ1v) is 12.5. The van der Waals surface area contributed by atoms with Crippen molar-refractivity contribution >= 4 is 35.7 Å². The largest absolute Gasteiger partial charge is 0.505 e. The van der Waals surface area contributed by atoms with Crippen molar-refractivity contribution in [3.8, 4) is 11.5 Å². The molecular weight excluding hydrogens is 478 g/mol. The number of urea groups is 1. The van der Waals surface area contributed by atoms with E-state index in [0.717, 1.165) is 24.2 Å². The van der Waals surface area contributed by atoms with Crippen LogP contribution in [0.2, 0.25) is 0 Å². The van der Waals surface area contributed by atoms with Crippen LogP contribution in [-0.4, -0.2) is 37.2 Å². The summed E-state index contributed by atoms with van der Waals surface area (Å²) in [6.45, 7) is 5.94. The molecule has 1 fully saturated rings. The zero-order chi connectivity index (χ0) is 25.6. The monoisotopic (exact) mass is 517 g/mol. The van der Waals surface area contributed by atoms with Crippen molar-refractivity contribution in [3.63, 3.8) is 0 Å². The Labute approximate surface area is 221 Å². The number of amides is 3. The van der Waals surface area contributed by atoms with Gasteiger partial charge < -0.3 is 15.6 Å². The average Bonchev–Trinajstić information content (AvgIpc) is 2.85. The van der Waals surface area contributed by atoms with E-state index in [4.69, 9.17) is 10.5 Å². The van der Waals surface area contributed by atoms with Crippen LogP contribution in [0.25, 0.3) is 0 Å². The number of halogens is 1. The molecule has 8 heteroatoms. The molecule has 3 N–H and O–H groups in total. The number of nitrogens with zero attached hydrogens (tertiary/aromatic N) is 2. The number of carbonyl (C=O) groups excluding carboxylic acids is 2. The van der Waals surface area contributed by atoms with Crippen molar-refractivity contribution < 1.29 is 19.4 Å². The summed E-state index contributed by atoms with van der Waals surface area (Å²) in [5.41, 5.74) is 6.64. The summed E-state index contributed by atoms with van der Waals surface area (Å²) in [7, 11) is 1.51. The van der Waals surface area contributed by atoms with Crippen LogP contribution < -0.4 is 20.3 Å².